The van der Waals surface area contributed by atoms with Gasteiger partial charge in [0, 0.05) is 24.7 Å². The first-order valence-corrected chi connectivity index (χ1v) is 9.01. The van der Waals surface area contributed by atoms with Gasteiger partial charge >= 0.3 is 0 Å². The van der Waals surface area contributed by atoms with Crippen LogP contribution in [0.5, 0.6) is 11.5 Å². The van der Waals surface area contributed by atoms with Crippen LogP contribution in [0.25, 0.3) is 0 Å². The summed E-state index contributed by atoms with van der Waals surface area (Å²) in [6.07, 6.45) is 0. The minimum Gasteiger partial charge on any atom is -0.497 e. The van der Waals surface area contributed by atoms with E-state index in [1.54, 1.807) is 24.3 Å². The van der Waals surface area contributed by atoms with Crippen molar-refractivity contribution < 1.29 is 22.7 Å². The number of methoxy groups -OCH3 is 2. The standard InChI is InChI=1S/C17H20N2O5S/c1-23-14-8-9-16(15(12-14)24-2)25(21,22)19-11-10-18-17(20)13-6-4-3-5-7-13/h3-9,12,19H,10-11H2,1-2H3,(H,18,20). The summed E-state index contributed by atoms with van der Waals surface area (Å²) < 4.78 is 37.4. The fourth-order valence-electron chi connectivity index (χ4n) is 2.13. The van der Waals surface area contributed by atoms with Crippen molar-refractivity contribution in [3.8, 4) is 11.5 Å². The van der Waals surface area contributed by atoms with Gasteiger partial charge in [0.2, 0.25) is 10.0 Å². The first kappa shape index (κ1) is 18.8. The average Bonchev–Trinajstić information content (AvgIpc) is 2.65. The lowest BCUT2D eigenvalue weighted by molar-refractivity contribution is 0.0954. The monoisotopic (exact) mass is 364 g/mol. The van der Waals surface area contributed by atoms with Crippen molar-refractivity contribution >= 4 is 15.9 Å². The van der Waals surface area contributed by atoms with Crippen LogP contribution in [-0.2, 0) is 10.0 Å². The molecule has 0 fully saturated rings. The van der Waals surface area contributed by atoms with Crippen LogP contribution in [-0.4, -0.2) is 41.6 Å². The molecule has 2 rings (SSSR count). The zero-order chi connectivity index (χ0) is 18.3. The van der Waals surface area contributed by atoms with Crippen LogP contribution >= 0.6 is 0 Å². The van der Waals surface area contributed by atoms with Crippen LogP contribution in [0.1, 0.15) is 10.4 Å². The summed E-state index contributed by atoms with van der Waals surface area (Å²) in [7, 11) is -0.907. The molecule has 134 valence electrons. The van der Waals surface area contributed by atoms with E-state index >= 15 is 0 Å². The van der Waals surface area contributed by atoms with Crippen molar-refractivity contribution in [2.24, 2.45) is 0 Å². The van der Waals surface area contributed by atoms with Crippen molar-refractivity contribution in [2.45, 2.75) is 4.90 Å². The maximum absolute atomic E-state index is 12.4. The molecule has 2 N–H and O–H groups in total. The molecule has 2 aromatic rings. The highest BCUT2D eigenvalue weighted by molar-refractivity contribution is 7.89. The summed E-state index contributed by atoms with van der Waals surface area (Å²) in [5, 5.41) is 2.65. The average molecular weight is 364 g/mol. The molecule has 0 aromatic heterocycles. The van der Waals surface area contributed by atoms with Crippen molar-refractivity contribution in [1.29, 1.82) is 0 Å². The van der Waals surface area contributed by atoms with E-state index in [0.717, 1.165) is 0 Å². The molecule has 0 radical (unpaired) electrons. The van der Waals surface area contributed by atoms with Crippen LogP contribution in [0.2, 0.25) is 0 Å². The number of sulfonamides is 1. The number of amides is 1. The number of ether oxygens (including phenoxy) is 2. The summed E-state index contributed by atoms with van der Waals surface area (Å²) in [4.78, 5) is 11.9. The van der Waals surface area contributed by atoms with Crippen LogP contribution in [0.15, 0.2) is 53.4 Å². The highest BCUT2D eigenvalue weighted by Gasteiger charge is 2.19. The Bertz CT molecular complexity index is 822. The largest absolute Gasteiger partial charge is 0.497 e. The van der Waals surface area contributed by atoms with Gasteiger partial charge in [0.25, 0.3) is 5.91 Å². The number of benzene rings is 2. The fourth-order valence-corrected chi connectivity index (χ4v) is 3.31. The van der Waals surface area contributed by atoms with E-state index in [0.29, 0.717) is 11.3 Å². The summed E-state index contributed by atoms with van der Waals surface area (Å²) in [5.74, 6) is 0.410. The normalized spacial score (nSPS) is 11.0. The van der Waals surface area contributed by atoms with Crippen LogP contribution in [0.3, 0.4) is 0 Å². The minimum atomic E-state index is -3.77. The molecule has 0 bridgehead atoms. The summed E-state index contributed by atoms with van der Waals surface area (Å²) in [6.45, 7) is 0.210. The molecule has 0 aliphatic heterocycles. The molecule has 2 aromatic carbocycles. The van der Waals surface area contributed by atoms with E-state index in [4.69, 9.17) is 9.47 Å². The highest BCUT2D eigenvalue weighted by atomic mass is 32.2. The number of hydrogen-bond donors (Lipinski definition) is 2. The predicted molar refractivity (Wildman–Crippen MR) is 93.5 cm³/mol. The lowest BCUT2D eigenvalue weighted by Crippen LogP contribution is -2.34. The minimum absolute atomic E-state index is 0.00480. The second-order valence-corrected chi connectivity index (χ2v) is 6.77. The van der Waals surface area contributed by atoms with E-state index < -0.39 is 10.0 Å². The Kier molecular flexibility index (Phi) is 6.37. The number of hydrogen-bond acceptors (Lipinski definition) is 5. The maximum atomic E-state index is 12.4. The third-order valence-corrected chi connectivity index (χ3v) is 4.90. The quantitative estimate of drug-likeness (QED) is 0.691. The lowest BCUT2D eigenvalue weighted by Gasteiger charge is -2.12. The van der Waals surface area contributed by atoms with Gasteiger partial charge in [-0.2, -0.15) is 0 Å². The molecular weight excluding hydrogens is 344 g/mol. The summed E-state index contributed by atoms with van der Waals surface area (Å²) in [5.41, 5.74) is 0.516. The van der Waals surface area contributed by atoms with Crippen molar-refractivity contribution in [3.63, 3.8) is 0 Å². The Hall–Kier alpha value is -2.58. The molecule has 1 amide bonds. The first-order chi connectivity index (χ1) is 12.0. The van der Waals surface area contributed by atoms with Gasteiger partial charge in [0.05, 0.1) is 14.2 Å². The van der Waals surface area contributed by atoms with E-state index in [9.17, 15) is 13.2 Å². The lowest BCUT2D eigenvalue weighted by atomic mass is 10.2. The topological polar surface area (TPSA) is 93.7 Å². The first-order valence-electron chi connectivity index (χ1n) is 7.53. The second-order valence-electron chi connectivity index (χ2n) is 5.04. The molecule has 8 heteroatoms. The Morgan fingerprint density at radius 1 is 1.00 bits per heavy atom. The van der Waals surface area contributed by atoms with Crippen molar-refractivity contribution in [3.05, 3.63) is 54.1 Å². The predicted octanol–water partition coefficient (Wildman–Crippen LogP) is 1.41. The smallest absolute Gasteiger partial charge is 0.251 e. The molecule has 0 aliphatic rings. The zero-order valence-electron chi connectivity index (χ0n) is 14.0. The van der Waals surface area contributed by atoms with Crippen LogP contribution in [0.4, 0.5) is 0 Å². The third kappa shape index (κ3) is 4.94. The molecule has 0 heterocycles. The molecular formula is C17H20N2O5S. The Morgan fingerprint density at radius 3 is 2.36 bits per heavy atom. The van der Waals surface area contributed by atoms with Gasteiger partial charge in [-0.1, -0.05) is 18.2 Å². The molecule has 25 heavy (non-hydrogen) atoms. The van der Waals surface area contributed by atoms with E-state index in [-0.39, 0.29) is 29.6 Å². The molecule has 0 atom stereocenters. The Balaban J connectivity index is 1.95. The van der Waals surface area contributed by atoms with Crippen molar-refractivity contribution in [2.75, 3.05) is 27.3 Å². The number of carbonyl (C=O) groups excluding carboxylic acids is 1. The Morgan fingerprint density at radius 2 is 1.72 bits per heavy atom. The van der Waals surface area contributed by atoms with Crippen molar-refractivity contribution in [1.82, 2.24) is 10.0 Å². The van der Waals surface area contributed by atoms with Gasteiger partial charge in [0.1, 0.15) is 16.4 Å². The van der Waals surface area contributed by atoms with Gasteiger partial charge in [0.15, 0.2) is 0 Å². The van der Waals surface area contributed by atoms with E-state index in [1.165, 1.54) is 32.4 Å². The van der Waals surface area contributed by atoms with E-state index in [1.807, 2.05) is 6.07 Å². The fraction of sp³-hybridized carbons (Fsp3) is 0.235. The highest BCUT2D eigenvalue weighted by Crippen LogP contribution is 2.28. The number of rotatable bonds is 8. The van der Waals surface area contributed by atoms with Crippen LogP contribution < -0.4 is 19.5 Å². The molecule has 0 saturated heterocycles. The summed E-state index contributed by atoms with van der Waals surface area (Å²) in [6, 6.07) is 13.1. The van der Waals surface area contributed by atoms with Gasteiger partial charge in [-0.15, -0.1) is 0 Å². The van der Waals surface area contributed by atoms with Crippen LogP contribution in [0, 0.1) is 0 Å². The maximum Gasteiger partial charge on any atom is 0.251 e. The second kappa shape index (κ2) is 8.50. The molecule has 0 aliphatic carbocycles. The van der Waals surface area contributed by atoms with Gasteiger partial charge in [-0.25, -0.2) is 13.1 Å². The number of nitrogens with one attached hydrogen (secondary N) is 2. The zero-order valence-corrected chi connectivity index (χ0v) is 14.8. The van der Waals surface area contributed by atoms with E-state index in [2.05, 4.69) is 10.0 Å². The SMILES string of the molecule is COc1ccc(S(=O)(=O)NCCNC(=O)c2ccccc2)c(OC)c1. The summed E-state index contributed by atoms with van der Waals surface area (Å²) >= 11 is 0. The molecule has 0 saturated carbocycles. The van der Waals surface area contributed by atoms with Gasteiger partial charge in [-0.05, 0) is 24.3 Å². The third-order valence-electron chi connectivity index (χ3n) is 3.40. The Labute approximate surface area is 147 Å². The number of carbonyl (C=O) groups is 1. The van der Waals surface area contributed by atoms with Gasteiger partial charge < -0.3 is 14.8 Å². The molecule has 0 spiro atoms. The molecule has 7 nitrogen and oxygen atoms in total. The molecule has 0 unspecified atom stereocenters. The van der Waals surface area contributed by atoms with Gasteiger partial charge in [-0.3, -0.25) is 4.79 Å².